The van der Waals surface area contributed by atoms with E-state index in [1.165, 1.54) is 39.3 Å². The highest BCUT2D eigenvalue weighted by Crippen LogP contribution is 2.31. The van der Waals surface area contributed by atoms with Gasteiger partial charge < -0.3 is 5.32 Å². The lowest BCUT2D eigenvalue weighted by atomic mass is 10.1. The fraction of sp³-hybridized carbons (Fsp3) is 0.333. The van der Waals surface area contributed by atoms with Crippen molar-refractivity contribution < 1.29 is 0 Å². The lowest BCUT2D eigenvalue weighted by Gasteiger charge is -2.09. The smallest absolute Gasteiger partial charge is 0.0208 e. The molecule has 0 bridgehead atoms. The molecule has 0 unspecified atom stereocenters. The fourth-order valence-electron chi connectivity index (χ4n) is 2.22. The third kappa shape index (κ3) is 3.65. The number of benzene rings is 2. The average Bonchev–Trinajstić information content (AvgIpc) is 3.26. The molecule has 0 heterocycles. The van der Waals surface area contributed by atoms with E-state index in [4.69, 9.17) is 0 Å². The number of hydrogen-bond donors (Lipinski definition) is 1. The van der Waals surface area contributed by atoms with Crippen LogP contribution in [0.4, 0.5) is 0 Å². The lowest BCUT2D eigenvalue weighted by Crippen LogP contribution is -2.15. The highest BCUT2D eigenvalue weighted by molar-refractivity contribution is 7.99. The van der Waals surface area contributed by atoms with Gasteiger partial charge in [0.2, 0.25) is 0 Å². The number of aryl methyl sites for hydroxylation is 2. The van der Waals surface area contributed by atoms with Gasteiger partial charge in [-0.15, -0.1) is 0 Å². The van der Waals surface area contributed by atoms with E-state index in [1.807, 2.05) is 11.8 Å². The van der Waals surface area contributed by atoms with Crippen molar-refractivity contribution in [1.29, 1.82) is 0 Å². The van der Waals surface area contributed by atoms with Gasteiger partial charge in [0.25, 0.3) is 0 Å². The molecule has 0 saturated heterocycles. The Kier molecular flexibility index (Phi) is 4.13. The summed E-state index contributed by atoms with van der Waals surface area (Å²) < 4.78 is 0. The summed E-state index contributed by atoms with van der Waals surface area (Å²) in [7, 11) is 0. The summed E-state index contributed by atoms with van der Waals surface area (Å²) in [6.07, 6.45) is 2.70. The number of hydrogen-bond acceptors (Lipinski definition) is 2. The van der Waals surface area contributed by atoms with Gasteiger partial charge in [0.05, 0.1) is 0 Å². The normalized spacial score (nSPS) is 14.5. The molecule has 1 N–H and O–H groups in total. The SMILES string of the molecule is Cc1ccc(Sc2ccc(CNC3CC3)cc2C)cc1. The summed E-state index contributed by atoms with van der Waals surface area (Å²) in [4.78, 5) is 2.66. The molecular formula is C18H21NS. The first-order valence-corrected chi connectivity index (χ1v) is 8.10. The summed E-state index contributed by atoms with van der Waals surface area (Å²) in [6.45, 7) is 5.33. The van der Waals surface area contributed by atoms with Crippen LogP contribution in [0.2, 0.25) is 0 Å². The van der Waals surface area contributed by atoms with Crippen molar-refractivity contribution >= 4 is 11.8 Å². The van der Waals surface area contributed by atoms with Gasteiger partial charge in [-0.3, -0.25) is 0 Å². The molecule has 1 fully saturated rings. The van der Waals surface area contributed by atoms with E-state index in [2.05, 4.69) is 61.6 Å². The van der Waals surface area contributed by atoms with E-state index < -0.39 is 0 Å². The van der Waals surface area contributed by atoms with Crippen molar-refractivity contribution in [2.24, 2.45) is 0 Å². The van der Waals surface area contributed by atoms with Gasteiger partial charge in [-0.25, -0.2) is 0 Å². The van der Waals surface area contributed by atoms with Crippen LogP contribution in [-0.4, -0.2) is 6.04 Å². The minimum Gasteiger partial charge on any atom is -0.310 e. The van der Waals surface area contributed by atoms with Crippen LogP contribution < -0.4 is 5.32 Å². The maximum Gasteiger partial charge on any atom is 0.0208 e. The zero-order valence-electron chi connectivity index (χ0n) is 12.1. The van der Waals surface area contributed by atoms with Crippen molar-refractivity contribution in [2.75, 3.05) is 0 Å². The van der Waals surface area contributed by atoms with Crippen LogP contribution in [0.3, 0.4) is 0 Å². The van der Waals surface area contributed by atoms with E-state index in [9.17, 15) is 0 Å². The molecule has 3 rings (SSSR count). The monoisotopic (exact) mass is 283 g/mol. The molecule has 1 nitrogen and oxygen atoms in total. The summed E-state index contributed by atoms with van der Waals surface area (Å²) in [5.41, 5.74) is 4.07. The molecule has 1 aliphatic carbocycles. The highest BCUT2D eigenvalue weighted by atomic mass is 32.2. The summed E-state index contributed by atoms with van der Waals surface area (Å²) in [6, 6.07) is 16.3. The van der Waals surface area contributed by atoms with E-state index in [-0.39, 0.29) is 0 Å². The molecule has 2 aromatic carbocycles. The standard InChI is InChI=1S/C18H21NS/c1-13-3-8-17(9-4-13)20-18-10-5-15(11-14(18)2)12-19-16-6-7-16/h3-5,8-11,16,19H,6-7,12H2,1-2H3. The van der Waals surface area contributed by atoms with Gasteiger partial charge in [-0.1, -0.05) is 41.6 Å². The van der Waals surface area contributed by atoms with E-state index in [0.717, 1.165) is 12.6 Å². The topological polar surface area (TPSA) is 12.0 Å². The largest absolute Gasteiger partial charge is 0.310 e. The quantitative estimate of drug-likeness (QED) is 0.853. The minimum absolute atomic E-state index is 0.775. The number of rotatable bonds is 5. The summed E-state index contributed by atoms with van der Waals surface area (Å²) >= 11 is 1.85. The Bertz CT molecular complexity index is 585. The Morgan fingerprint density at radius 2 is 1.80 bits per heavy atom. The Balaban J connectivity index is 1.68. The molecule has 0 aromatic heterocycles. The predicted molar refractivity (Wildman–Crippen MR) is 86.3 cm³/mol. The molecule has 0 aliphatic heterocycles. The maximum absolute atomic E-state index is 3.57. The Hall–Kier alpha value is -1.25. The average molecular weight is 283 g/mol. The molecule has 0 radical (unpaired) electrons. The van der Waals surface area contributed by atoms with Crippen molar-refractivity contribution in [3.63, 3.8) is 0 Å². The molecule has 0 amide bonds. The van der Waals surface area contributed by atoms with Crippen molar-refractivity contribution in [3.05, 3.63) is 59.2 Å². The summed E-state index contributed by atoms with van der Waals surface area (Å²) in [5, 5.41) is 3.57. The van der Waals surface area contributed by atoms with Crippen LogP contribution in [0.5, 0.6) is 0 Å². The van der Waals surface area contributed by atoms with Crippen LogP contribution in [-0.2, 0) is 6.54 Å². The molecule has 0 atom stereocenters. The first-order chi connectivity index (χ1) is 9.70. The predicted octanol–water partition coefficient (Wildman–Crippen LogP) is 4.71. The van der Waals surface area contributed by atoms with E-state index in [1.54, 1.807) is 0 Å². The minimum atomic E-state index is 0.775. The molecule has 1 aliphatic rings. The fourth-order valence-corrected chi connectivity index (χ4v) is 3.10. The first-order valence-electron chi connectivity index (χ1n) is 7.28. The molecular weight excluding hydrogens is 262 g/mol. The highest BCUT2D eigenvalue weighted by Gasteiger charge is 2.19. The number of nitrogens with one attached hydrogen (secondary N) is 1. The van der Waals surface area contributed by atoms with Crippen LogP contribution in [0.15, 0.2) is 52.3 Å². The second-order valence-electron chi connectivity index (χ2n) is 5.67. The Labute approximate surface area is 125 Å². The second-order valence-corrected chi connectivity index (χ2v) is 6.79. The van der Waals surface area contributed by atoms with Crippen LogP contribution in [0, 0.1) is 13.8 Å². The third-order valence-corrected chi connectivity index (χ3v) is 4.85. The second kappa shape index (κ2) is 6.02. The Morgan fingerprint density at radius 3 is 2.45 bits per heavy atom. The molecule has 0 spiro atoms. The molecule has 2 heteroatoms. The van der Waals surface area contributed by atoms with Crippen LogP contribution in [0.25, 0.3) is 0 Å². The van der Waals surface area contributed by atoms with Crippen molar-refractivity contribution in [1.82, 2.24) is 5.32 Å². The molecule has 20 heavy (non-hydrogen) atoms. The van der Waals surface area contributed by atoms with Crippen molar-refractivity contribution in [2.45, 2.75) is 49.1 Å². The molecule has 1 saturated carbocycles. The Morgan fingerprint density at radius 1 is 1.05 bits per heavy atom. The summed E-state index contributed by atoms with van der Waals surface area (Å²) in [5.74, 6) is 0. The first kappa shape index (κ1) is 13.7. The third-order valence-electron chi connectivity index (χ3n) is 3.66. The zero-order valence-corrected chi connectivity index (χ0v) is 13.0. The molecule has 104 valence electrons. The van der Waals surface area contributed by atoms with E-state index in [0.29, 0.717) is 0 Å². The van der Waals surface area contributed by atoms with Gasteiger partial charge in [-0.2, -0.15) is 0 Å². The maximum atomic E-state index is 3.57. The molecule has 2 aromatic rings. The van der Waals surface area contributed by atoms with Gasteiger partial charge in [0.1, 0.15) is 0 Å². The van der Waals surface area contributed by atoms with Gasteiger partial charge in [0, 0.05) is 22.4 Å². The zero-order chi connectivity index (χ0) is 13.9. The van der Waals surface area contributed by atoms with Gasteiger partial charge in [0.15, 0.2) is 0 Å². The van der Waals surface area contributed by atoms with Gasteiger partial charge in [-0.05, 0) is 56.0 Å². The van der Waals surface area contributed by atoms with Crippen LogP contribution in [0.1, 0.15) is 29.5 Å². The lowest BCUT2D eigenvalue weighted by molar-refractivity contribution is 0.687. The van der Waals surface area contributed by atoms with E-state index >= 15 is 0 Å². The van der Waals surface area contributed by atoms with Crippen LogP contribution >= 0.6 is 11.8 Å². The van der Waals surface area contributed by atoms with Crippen molar-refractivity contribution in [3.8, 4) is 0 Å². The van der Waals surface area contributed by atoms with Gasteiger partial charge >= 0.3 is 0 Å².